The van der Waals surface area contributed by atoms with Gasteiger partial charge in [0.1, 0.15) is 10.2 Å². The van der Waals surface area contributed by atoms with Crippen molar-refractivity contribution < 1.29 is 38.2 Å². The Balaban J connectivity index is 4.35. The lowest BCUT2D eigenvalue weighted by atomic mass is 10.9. The maximum Gasteiger partial charge on any atom is 0.361 e. The van der Waals surface area contributed by atoms with Gasteiger partial charge in [0.15, 0.2) is 0 Å². The van der Waals surface area contributed by atoms with Gasteiger partial charge in [-0.2, -0.15) is 14.0 Å². The molecular weight excluding hydrogens is 197 g/mol. The van der Waals surface area contributed by atoms with Crippen LogP contribution in [0.1, 0.15) is 0 Å². The molecule has 0 aliphatic heterocycles. The lowest BCUT2D eigenvalue weighted by Crippen LogP contribution is -2.65. The van der Waals surface area contributed by atoms with Crippen LogP contribution in [0.2, 0.25) is 0 Å². The Hall–Kier alpha value is -1.13. The van der Waals surface area contributed by atoms with Crippen molar-refractivity contribution in [2.24, 2.45) is 11.5 Å². The van der Waals surface area contributed by atoms with Crippen molar-refractivity contribution in [3.63, 3.8) is 0 Å². The highest BCUT2D eigenvalue weighted by molar-refractivity contribution is 5.90. The molecule has 4 N–H and O–H groups in total. The van der Waals surface area contributed by atoms with Gasteiger partial charge >= 0.3 is 12.1 Å². The van der Waals surface area contributed by atoms with Crippen LogP contribution in [0.5, 0.6) is 0 Å². The molecule has 0 heterocycles. The molecule has 0 saturated carbocycles. The third-order valence-corrected chi connectivity index (χ3v) is 0.861. The molecule has 0 aromatic carbocycles. The van der Waals surface area contributed by atoms with Crippen LogP contribution in [0, 0.1) is 10.2 Å². The highest BCUT2D eigenvalue weighted by Gasteiger charge is 2.34. The van der Waals surface area contributed by atoms with Gasteiger partial charge in [0.05, 0.1) is 0 Å². The molecule has 9 nitrogen and oxygen atoms in total. The lowest BCUT2D eigenvalue weighted by Gasteiger charge is -2.15. The minimum absolute atomic E-state index is 0.593. The monoisotopic (exact) mass is 201 g/mol. The second-order valence-electron chi connectivity index (χ2n) is 1.42. The number of hydrogen-bond acceptors (Lipinski definition) is 6. The fraction of sp³-hybridized carbons (Fsp3) is 0. The Morgan fingerprint density at radius 1 is 1.17 bits per heavy atom. The summed E-state index contributed by atoms with van der Waals surface area (Å²) < 4.78 is 32.6. The summed E-state index contributed by atoms with van der Waals surface area (Å²) in [5.41, 5.74) is 8.80. The molecule has 0 aromatic rings. The number of primary amides is 2. The van der Waals surface area contributed by atoms with Crippen LogP contribution in [0.4, 0.5) is 9.59 Å². The van der Waals surface area contributed by atoms with Crippen molar-refractivity contribution in [2.75, 3.05) is 0 Å². The van der Waals surface area contributed by atoms with Gasteiger partial charge in [-0.3, -0.25) is 0 Å². The summed E-state index contributed by atoms with van der Waals surface area (Å²) in [4.78, 5) is 20.3. The van der Waals surface area contributed by atoms with E-state index in [9.17, 15) is 23.6 Å². The van der Waals surface area contributed by atoms with Crippen molar-refractivity contribution in [1.82, 2.24) is 5.06 Å². The number of carbonyl (C=O) groups is 2. The molecule has 0 rings (SSSR count). The molecule has 0 unspecified atom stereocenters. The number of carbonyl (C=O) groups excluding carboxylic acids is 2. The van der Waals surface area contributed by atoms with E-state index in [1.807, 2.05) is 0 Å². The summed E-state index contributed by atoms with van der Waals surface area (Å²) in [6.45, 7) is 0. The van der Waals surface area contributed by atoms with Gasteiger partial charge in [0.2, 0.25) is 4.39 Å². The summed E-state index contributed by atoms with van der Waals surface area (Å²) in [7, 11) is -4.97. The summed E-state index contributed by atoms with van der Waals surface area (Å²) in [6.07, 6.45) is 0. The van der Waals surface area contributed by atoms with Crippen molar-refractivity contribution in [2.45, 2.75) is 0 Å². The van der Waals surface area contributed by atoms with E-state index in [1.165, 1.54) is 0 Å². The van der Waals surface area contributed by atoms with Gasteiger partial charge in [0.25, 0.3) is 0 Å². The number of amides is 4. The summed E-state index contributed by atoms with van der Waals surface area (Å²) in [5, 5.41) is -0.593. The van der Waals surface area contributed by atoms with Crippen LogP contribution in [-0.2, 0) is 4.39 Å². The number of rotatable bonds is 2. The molecule has 0 aromatic heterocycles. The zero-order chi connectivity index (χ0) is 9.94. The van der Waals surface area contributed by atoms with E-state index in [4.69, 9.17) is 0 Å². The van der Waals surface area contributed by atoms with E-state index in [-0.39, 0.29) is 0 Å². The Morgan fingerprint density at radius 2 is 1.50 bits per heavy atom. The van der Waals surface area contributed by atoms with Crippen molar-refractivity contribution >= 4 is 12.1 Å². The summed E-state index contributed by atoms with van der Waals surface area (Å²) >= 11 is 0. The van der Waals surface area contributed by atoms with E-state index in [0.717, 1.165) is 0 Å². The van der Waals surface area contributed by atoms with Crippen molar-refractivity contribution in [3.05, 3.63) is 0 Å². The zero-order valence-corrected chi connectivity index (χ0v) is 6.19. The minimum atomic E-state index is -4.97. The molecule has 0 atom stereocenters. The first-order valence-electron chi connectivity index (χ1n) is 2.23. The maximum absolute atomic E-state index is 10.1. The average Bonchev–Trinajstić information content (AvgIpc) is 1.79. The number of hydroxylamine groups is 2. The first-order chi connectivity index (χ1) is 5.24. The zero-order valence-electron chi connectivity index (χ0n) is 5.43. The Kier molecular flexibility index (Phi) is 3.18. The van der Waals surface area contributed by atoms with Crippen LogP contribution in [0.15, 0.2) is 0 Å². The molecule has 0 saturated heterocycles. The molecule has 12 heavy (non-hydrogen) atoms. The molecule has 70 valence electrons. The molecular formula is C2H4ClN3O6. The molecule has 0 aliphatic carbocycles. The number of halogens is 1. The first-order valence-corrected chi connectivity index (χ1v) is 3.47. The molecule has 10 heteroatoms. The molecule has 0 aliphatic rings. The van der Waals surface area contributed by atoms with Gasteiger partial charge in [-0.15, -0.1) is 0 Å². The molecule has 0 fully saturated rings. The number of urea groups is 2. The molecule has 0 bridgehead atoms. The predicted octanol–water partition coefficient (Wildman–Crippen LogP) is -4.73. The van der Waals surface area contributed by atoms with Crippen LogP contribution < -0.4 is 25.4 Å². The van der Waals surface area contributed by atoms with Crippen molar-refractivity contribution in [1.29, 1.82) is 0 Å². The van der Waals surface area contributed by atoms with Crippen molar-refractivity contribution in [3.8, 4) is 0 Å². The standard InChI is InChI=1S/C2H4ClN3O6/c4-1(7)6(2(5)8)12-3(9,10)11/h(H2,4,7)(H2,5,8). The van der Waals surface area contributed by atoms with E-state index in [1.54, 1.807) is 0 Å². The van der Waals surface area contributed by atoms with E-state index < -0.39 is 27.4 Å². The second-order valence-corrected chi connectivity index (χ2v) is 2.31. The third-order valence-electron chi connectivity index (χ3n) is 0.554. The smallest absolute Gasteiger partial charge is 0.349 e. The fourth-order valence-corrected chi connectivity index (χ4v) is 0.566. The van der Waals surface area contributed by atoms with Crippen LogP contribution in [0.3, 0.4) is 0 Å². The third kappa shape index (κ3) is 3.90. The normalized spacial score (nSPS) is 10.9. The topological polar surface area (TPSA) is 168 Å². The SMILES string of the molecule is NC(=O)N(O[Cl+3]([O-])([O-])[O-])C(N)=O. The Labute approximate surface area is 67.8 Å². The summed E-state index contributed by atoms with van der Waals surface area (Å²) in [6, 6.07) is -3.23. The van der Waals surface area contributed by atoms with Crippen LogP contribution in [-0.4, -0.2) is 17.1 Å². The average molecular weight is 202 g/mol. The van der Waals surface area contributed by atoms with Gasteiger partial charge in [0, 0.05) is 5.06 Å². The number of hydrogen-bond donors (Lipinski definition) is 2. The highest BCUT2D eigenvalue weighted by Crippen LogP contribution is 1.96. The molecule has 4 amide bonds. The minimum Gasteiger partial charge on any atom is -0.349 e. The summed E-state index contributed by atoms with van der Waals surface area (Å²) in [5.74, 6) is 0. The number of imide groups is 1. The number of nitrogens with zero attached hydrogens (tertiary/aromatic N) is 1. The second kappa shape index (κ2) is 3.51. The Morgan fingerprint density at radius 3 is 1.58 bits per heavy atom. The fourth-order valence-electron chi connectivity index (χ4n) is 0.261. The van der Waals surface area contributed by atoms with Gasteiger partial charge in [-0.1, -0.05) is 0 Å². The molecule has 0 radical (unpaired) electrons. The first kappa shape index (κ1) is 10.9. The predicted molar refractivity (Wildman–Crippen MR) is 22.1 cm³/mol. The van der Waals surface area contributed by atoms with E-state index in [0.29, 0.717) is 0 Å². The largest absolute Gasteiger partial charge is 0.361 e. The Bertz CT molecular complexity index is 185. The van der Waals surface area contributed by atoms with Gasteiger partial charge in [-0.05, 0) is 0 Å². The lowest BCUT2D eigenvalue weighted by molar-refractivity contribution is -1.92. The van der Waals surface area contributed by atoms with Gasteiger partial charge < -0.3 is 11.5 Å². The highest BCUT2D eigenvalue weighted by atomic mass is 35.7. The molecule has 0 spiro atoms. The van der Waals surface area contributed by atoms with Gasteiger partial charge in [-0.25, -0.2) is 9.59 Å². The van der Waals surface area contributed by atoms with E-state index in [2.05, 4.69) is 15.9 Å². The van der Waals surface area contributed by atoms with E-state index >= 15 is 0 Å². The quantitative estimate of drug-likeness (QED) is 0.425. The maximum atomic E-state index is 10.1. The van der Waals surface area contributed by atoms with Crippen LogP contribution in [0.25, 0.3) is 0 Å². The van der Waals surface area contributed by atoms with Crippen LogP contribution >= 0.6 is 0 Å². The number of nitrogens with two attached hydrogens (primary N) is 2.